The van der Waals surface area contributed by atoms with Gasteiger partial charge in [0, 0.05) is 5.02 Å². The first-order valence-electron chi connectivity index (χ1n) is 5.29. The van der Waals surface area contributed by atoms with Crippen LogP contribution in [-0.2, 0) is 0 Å². The number of nitrogens with zero attached hydrogens (tertiary/aromatic N) is 1. The molecule has 2 aromatic rings. The zero-order chi connectivity index (χ0) is 12.3. The lowest BCUT2D eigenvalue weighted by Gasteiger charge is -2.16. The van der Waals surface area contributed by atoms with Crippen molar-refractivity contribution in [3.05, 3.63) is 58.3 Å². The topological polar surface area (TPSA) is 24.9 Å². The normalized spacial score (nSPS) is 12.2. The van der Waals surface area contributed by atoms with Crippen LogP contribution >= 0.6 is 23.2 Å². The van der Waals surface area contributed by atoms with Crippen molar-refractivity contribution in [1.29, 1.82) is 0 Å². The second-order valence-electron chi connectivity index (χ2n) is 3.76. The Morgan fingerprint density at radius 3 is 2.53 bits per heavy atom. The van der Waals surface area contributed by atoms with E-state index in [-0.39, 0.29) is 6.04 Å². The SMILES string of the molecule is CC(Nc1ccc(Cl)nc1)c1ccccc1Cl. The first-order chi connectivity index (χ1) is 8.16. The van der Waals surface area contributed by atoms with Crippen molar-refractivity contribution in [3.63, 3.8) is 0 Å². The zero-order valence-corrected chi connectivity index (χ0v) is 10.8. The van der Waals surface area contributed by atoms with Crippen LogP contribution in [0.25, 0.3) is 0 Å². The van der Waals surface area contributed by atoms with Gasteiger partial charge in [0.1, 0.15) is 5.15 Å². The van der Waals surface area contributed by atoms with Gasteiger partial charge >= 0.3 is 0 Å². The van der Waals surface area contributed by atoms with Crippen molar-refractivity contribution in [2.24, 2.45) is 0 Å². The smallest absolute Gasteiger partial charge is 0.129 e. The highest BCUT2D eigenvalue weighted by Crippen LogP contribution is 2.25. The molecule has 2 nitrogen and oxygen atoms in total. The lowest BCUT2D eigenvalue weighted by atomic mass is 10.1. The van der Waals surface area contributed by atoms with Gasteiger partial charge in [-0.2, -0.15) is 0 Å². The summed E-state index contributed by atoms with van der Waals surface area (Å²) in [5.41, 5.74) is 1.98. The number of rotatable bonds is 3. The van der Waals surface area contributed by atoms with Crippen LogP contribution < -0.4 is 5.32 Å². The highest BCUT2D eigenvalue weighted by Gasteiger charge is 2.08. The van der Waals surface area contributed by atoms with E-state index in [0.717, 1.165) is 16.3 Å². The number of benzene rings is 1. The second kappa shape index (κ2) is 5.39. The van der Waals surface area contributed by atoms with Gasteiger partial charge in [0.25, 0.3) is 0 Å². The number of hydrogen-bond acceptors (Lipinski definition) is 2. The van der Waals surface area contributed by atoms with E-state index in [1.165, 1.54) is 0 Å². The third-order valence-electron chi connectivity index (χ3n) is 2.48. The standard InChI is InChI=1S/C13H12Cl2N2/c1-9(11-4-2-3-5-12(11)14)17-10-6-7-13(15)16-8-10/h2-9,17H,1H3. The van der Waals surface area contributed by atoms with Crippen molar-refractivity contribution in [3.8, 4) is 0 Å². The minimum atomic E-state index is 0.117. The fourth-order valence-electron chi connectivity index (χ4n) is 1.62. The van der Waals surface area contributed by atoms with Gasteiger partial charge in [-0.05, 0) is 30.7 Å². The minimum absolute atomic E-state index is 0.117. The number of nitrogens with one attached hydrogen (secondary N) is 1. The lowest BCUT2D eigenvalue weighted by Crippen LogP contribution is -2.07. The van der Waals surface area contributed by atoms with Gasteiger partial charge in [-0.3, -0.25) is 0 Å². The number of hydrogen-bond donors (Lipinski definition) is 1. The third-order valence-corrected chi connectivity index (χ3v) is 3.05. The average Bonchev–Trinajstić information content (AvgIpc) is 2.32. The molecule has 1 aromatic carbocycles. The van der Waals surface area contributed by atoms with E-state index in [9.17, 15) is 0 Å². The largest absolute Gasteiger partial charge is 0.377 e. The van der Waals surface area contributed by atoms with E-state index >= 15 is 0 Å². The van der Waals surface area contributed by atoms with E-state index in [1.807, 2.05) is 30.3 Å². The number of pyridine rings is 1. The van der Waals surface area contributed by atoms with Gasteiger partial charge in [-0.25, -0.2) is 4.98 Å². The molecule has 0 fully saturated rings. The molecule has 2 rings (SSSR count). The molecule has 17 heavy (non-hydrogen) atoms. The summed E-state index contributed by atoms with van der Waals surface area (Å²) >= 11 is 11.9. The summed E-state index contributed by atoms with van der Waals surface area (Å²) in [7, 11) is 0. The summed E-state index contributed by atoms with van der Waals surface area (Å²) in [5, 5.41) is 4.57. The molecule has 0 saturated heterocycles. The van der Waals surface area contributed by atoms with Gasteiger partial charge < -0.3 is 5.32 Å². The van der Waals surface area contributed by atoms with Crippen LogP contribution in [0.2, 0.25) is 10.2 Å². The molecule has 0 bridgehead atoms. The van der Waals surface area contributed by atoms with Crippen molar-refractivity contribution in [1.82, 2.24) is 4.98 Å². The maximum Gasteiger partial charge on any atom is 0.129 e. The molecule has 0 aliphatic rings. The Bertz CT molecular complexity index is 497. The number of halogens is 2. The van der Waals surface area contributed by atoms with Crippen molar-refractivity contribution in [2.75, 3.05) is 5.32 Å². The summed E-state index contributed by atoms with van der Waals surface area (Å²) < 4.78 is 0. The van der Waals surface area contributed by atoms with Crippen LogP contribution in [0.3, 0.4) is 0 Å². The first kappa shape index (κ1) is 12.2. The van der Waals surface area contributed by atoms with Gasteiger partial charge in [0.2, 0.25) is 0 Å². The Morgan fingerprint density at radius 1 is 1.12 bits per heavy atom. The van der Waals surface area contributed by atoms with E-state index < -0.39 is 0 Å². The molecule has 88 valence electrons. The molecule has 0 aliphatic heterocycles. The second-order valence-corrected chi connectivity index (χ2v) is 4.55. The fraction of sp³-hybridized carbons (Fsp3) is 0.154. The molecule has 1 atom stereocenters. The van der Waals surface area contributed by atoms with Crippen LogP contribution in [0.15, 0.2) is 42.6 Å². The summed E-state index contributed by atoms with van der Waals surface area (Å²) in [6.07, 6.45) is 1.70. The van der Waals surface area contributed by atoms with E-state index in [1.54, 1.807) is 12.3 Å². The maximum absolute atomic E-state index is 6.13. The van der Waals surface area contributed by atoms with Gasteiger partial charge in [0.15, 0.2) is 0 Å². The molecule has 4 heteroatoms. The lowest BCUT2D eigenvalue weighted by molar-refractivity contribution is 0.883. The molecule has 0 aliphatic carbocycles. The molecular weight excluding hydrogens is 255 g/mol. The zero-order valence-electron chi connectivity index (χ0n) is 9.32. The molecule has 1 unspecified atom stereocenters. The summed E-state index contributed by atoms with van der Waals surface area (Å²) in [6.45, 7) is 2.05. The van der Waals surface area contributed by atoms with Gasteiger partial charge in [-0.1, -0.05) is 41.4 Å². The number of anilines is 1. The molecule has 0 spiro atoms. The minimum Gasteiger partial charge on any atom is -0.377 e. The predicted octanol–water partition coefficient (Wildman–Crippen LogP) is 4.56. The van der Waals surface area contributed by atoms with E-state index in [4.69, 9.17) is 23.2 Å². The van der Waals surface area contributed by atoms with E-state index in [0.29, 0.717) is 5.15 Å². The summed E-state index contributed by atoms with van der Waals surface area (Å²) in [5.74, 6) is 0. The molecule has 0 saturated carbocycles. The van der Waals surface area contributed by atoms with Gasteiger partial charge in [0.05, 0.1) is 17.9 Å². The Labute approximate surface area is 111 Å². The Hall–Kier alpha value is -1.25. The van der Waals surface area contributed by atoms with Crippen molar-refractivity contribution < 1.29 is 0 Å². The first-order valence-corrected chi connectivity index (χ1v) is 6.05. The third kappa shape index (κ3) is 3.11. The highest BCUT2D eigenvalue weighted by atomic mass is 35.5. The Kier molecular flexibility index (Phi) is 3.87. The van der Waals surface area contributed by atoms with Crippen molar-refractivity contribution in [2.45, 2.75) is 13.0 Å². The molecule has 1 N–H and O–H groups in total. The molecule has 0 radical (unpaired) electrons. The fourth-order valence-corrected chi connectivity index (χ4v) is 2.03. The highest BCUT2D eigenvalue weighted by molar-refractivity contribution is 6.31. The van der Waals surface area contributed by atoms with Crippen LogP contribution in [0, 0.1) is 0 Å². The molecular formula is C13H12Cl2N2. The van der Waals surface area contributed by atoms with Crippen LogP contribution in [-0.4, -0.2) is 4.98 Å². The van der Waals surface area contributed by atoms with Crippen LogP contribution in [0.4, 0.5) is 5.69 Å². The van der Waals surface area contributed by atoms with Crippen LogP contribution in [0.5, 0.6) is 0 Å². The molecule has 0 amide bonds. The number of aromatic nitrogens is 1. The predicted molar refractivity (Wildman–Crippen MR) is 72.7 cm³/mol. The Morgan fingerprint density at radius 2 is 1.88 bits per heavy atom. The quantitative estimate of drug-likeness (QED) is 0.824. The van der Waals surface area contributed by atoms with Crippen molar-refractivity contribution >= 4 is 28.9 Å². The summed E-state index contributed by atoms with van der Waals surface area (Å²) in [6, 6.07) is 11.5. The van der Waals surface area contributed by atoms with Crippen LogP contribution in [0.1, 0.15) is 18.5 Å². The maximum atomic E-state index is 6.13. The molecule has 1 aromatic heterocycles. The molecule has 1 heterocycles. The monoisotopic (exact) mass is 266 g/mol. The summed E-state index contributed by atoms with van der Waals surface area (Å²) in [4.78, 5) is 4.02. The van der Waals surface area contributed by atoms with Gasteiger partial charge in [-0.15, -0.1) is 0 Å². The Balaban J connectivity index is 2.14. The van der Waals surface area contributed by atoms with E-state index in [2.05, 4.69) is 17.2 Å². The average molecular weight is 267 g/mol.